The summed E-state index contributed by atoms with van der Waals surface area (Å²) in [5.74, 6) is 1.18. The van der Waals surface area contributed by atoms with E-state index in [1.165, 1.54) is 11.3 Å². The van der Waals surface area contributed by atoms with E-state index in [1.54, 1.807) is 16.9 Å². The van der Waals surface area contributed by atoms with Crippen molar-refractivity contribution < 1.29 is 4.42 Å². The second-order valence-corrected chi connectivity index (χ2v) is 6.60. The summed E-state index contributed by atoms with van der Waals surface area (Å²) in [6.07, 6.45) is 1.78. The van der Waals surface area contributed by atoms with Gasteiger partial charge >= 0.3 is 0 Å². The minimum atomic E-state index is -0.139. The van der Waals surface area contributed by atoms with Crippen LogP contribution < -0.4 is 5.73 Å². The normalized spacial score (nSPS) is 12.0. The second-order valence-electron chi connectivity index (χ2n) is 5.56. The van der Waals surface area contributed by atoms with E-state index in [4.69, 9.17) is 10.2 Å². The highest BCUT2D eigenvalue weighted by Crippen LogP contribution is 2.30. The zero-order valence-corrected chi connectivity index (χ0v) is 14.5. The number of nitrogens with zero attached hydrogens (tertiary/aromatic N) is 6. The summed E-state index contributed by atoms with van der Waals surface area (Å²) in [5, 5.41) is 26.6. The van der Waals surface area contributed by atoms with Gasteiger partial charge in [-0.1, -0.05) is 28.7 Å². The first kappa shape index (κ1) is 16.0. The number of anilines is 1. The fourth-order valence-corrected chi connectivity index (χ4v) is 3.18. The van der Waals surface area contributed by atoms with Crippen LogP contribution in [0.25, 0.3) is 22.8 Å². The van der Waals surface area contributed by atoms with Crippen molar-refractivity contribution in [2.75, 3.05) is 5.73 Å². The smallest absolute Gasteiger partial charge is 0.203 e. The Morgan fingerprint density at radius 3 is 2.73 bits per heavy atom. The van der Waals surface area contributed by atoms with Crippen molar-refractivity contribution in [3.05, 3.63) is 53.2 Å². The van der Waals surface area contributed by atoms with E-state index in [2.05, 4.69) is 26.6 Å². The predicted molar refractivity (Wildman–Crippen MR) is 96.0 cm³/mol. The highest BCUT2D eigenvalue weighted by Gasteiger charge is 2.17. The molecule has 3 heterocycles. The molecule has 3 aromatic heterocycles. The Labute approximate surface area is 152 Å². The molecule has 128 valence electrons. The minimum Gasteiger partial charge on any atom is -0.454 e. The average Bonchev–Trinajstić information content (AvgIpc) is 3.41. The van der Waals surface area contributed by atoms with Crippen LogP contribution in [0.4, 0.5) is 5.13 Å². The molecule has 4 rings (SSSR count). The molecule has 0 aliphatic carbocycles. The molecule has 0 aliphatic rings. The van der Waals surface area contributed by atoms with Gasteiger partial charge in [0.25, 0.3) is 0 Å². The predicted octanol–water partition coefficient (Wildman–Crippen LogP) is 3.12. The summed E-state index contributed by atoms with van der Waals surface area (Å²) in [7, 11) is 0. The van der Waals surface area contributed by atoms with Crippen LogP contribution in [0.15, 0.2) is 47.0 Å². The number of rotatable bonds is 4. The van der Waals surface area contributed by atoms with Crippen molar-refractivity contribution in [1.29, 1.82) is 5.26 Å². The number of aromatic nitrogens is 5. The lowest BCUT2D eigenvalue weighted by molar-refractivity contribution is 0.537. The third-order valence-electron chi connectivity index (χ3n) is 3.89. The molecule has 1 aromatic carbocycles. The molecule has 0 radical (unpaired) electrons. The van der Waals surface area contributed by atoms with Crippen molar-refractivity contribution in [1.82, 2.24) is 25.2 Å². The van der Waals surface area contributed by atoms with Crippen LogP contribution in [-0.4, -0.2) is 25.2 Å². The molecule has 1 atom stereocenters. The number of benzene rings is 1. The lowest BCUT2D eigenvalue weighted by atomic mass is 10.1. The van der Waals surface area contributed by atoms with Gasteiger partial charge in [0, 0.05) is 5.56 Å². The number of hydrogen-bond donors (Lipinski definition) is 1. The lowest BCUT2D eigenvalue weighted by Gasteiger charge is -2.05. The average molecular weight is 363 g/mol. The highest BCUT2D eigenvalue weighted by molar-refractivity contribution is 7.15. The topological polar surface area (TPSA) is 119 Å². The van der Waals surface area contributed by atoms with Crippen LogP contribution >= 0.6 is 11.3 Å². The van der Waals surface area contributed by atoms with E-state index in [0.29, 0.717) is 27.9 Å². The van der Waals surface area contributed by atoms with E-state index < -0.39 is 0 Å². The van der Waals surface area contributed by atoms with E-state index >= 15 is 0 Å². The monoisotopic (exact) mass is 363 g/mol. The fourth-order valence-electron chi connectivity index (χ4n) is 2.52. The molecule has 8 nitrogen and oxygen atoms in total. The molecule has 2 N–H and O–H groups in total. The van der Waals surface area contributed by atoms with Crippen molar-refractivity contribution in [3.63, 3.8) is 0 Å². The van der Waals surface area contributed by atoms with Gasteiger partial charge in [0.15, 0.2) is 5.76 Å². The van der Waals surface area contributed by atoms with Gasteiger partial charge in [-0.15, -0.1) is 15.3 Å². The van der Waals surface area contributed by atoms with E-state index in [9.17, 15) is 5.26 Å². The van der Waals surface area contributed by atoms with E-state index in [1.807, 2.05) is 37.3 Å². The van der Waals surface area contributed by atoms with Gasteiger partial charge in [-0.05, 0) is 31.2 Å². The number of nitrogen functional groups attached to an aromatic ring is 1. The largest absolute Gasteiger partial charge is 0.454 e. The van der Waals surface area contributed by atoms with Gasteiger partial charge < -0.3 is 10.2 Å². The molecule has 1 unspecified atom stereocenters. The number of nitrogens with two attached hydrogens (primary N) is 1. The van der Waals surface area contributed by atoms with Gasteiger partial charge in [-0.25, -0.2) is 4.68 Å². The van der Waals surface area contributed by atoms with Gasteiger partial charge in [-0.3, -0.25) is 0 Å². The maximum absolute atomic E-state index is 9.24. The molecule has 0 bridgehead atoms. The van der Waals surface area contributed by atoms with E-state index in [0.717, 1.165) is 10.6 Å². The van der Waals surface area contributed by atoms with Crippen LogP contribution in [0.5, 0.6) is 0 Å². The number of furan rings is 1. The van der Waals surface area contributed by atoms with Gasteiger partial charge in [0.05, 0.1) is 17.8 Å². The highest BCUT2D eigenvalue weighted by atomic mass is 32.1. The van der Waals surface area contributed by atoms with Crippen LogP contribution in [0, 0.1) is 11.3 Å². The Balaban J connectivity index is 1.63. The van der Waals surface area contributed by atoms with Gasteiger partial charge in [0.1, 0.15) is 22.5 Å². The lowest BCUT2D eigenvalue weighted by Crippen LogP contribution is -2.07. The van der Waals surface area contributed by atoms with Crippen LogP contribution in [0.2, 0.25) is 0 Å². The van der Waals surface area contributed by atoms with Crippen LogP contribution in [-0.2, 0) is 0 Å². The molecule has 0 saturated heterocycles. The Bertz CT molecular complexity index is 1100. The molecule has 9 heteroatoms. The third kappa shape index (κ3) is 2.82. The Morgan fingerprint density at radius 2 is 1.96 bits per heavy atom. The maximum Gasteiger partial charge on any atom is 0.203 e. The molecule has 26 heavy (non-hydrogen) atoms. The summed E-state index contributed by atoms with van der Waals surface area (Å²) in [5.41, 5.74) is 7.52. The molecule has 4 aromatic rings. The van der Waals surface area contributed by atoms with E-state index in [-0.39, 0.29) is 6.04 Å². The summed E-state index contributed by atoms with van der Waals surface area (Å²) in [6.45, 7) is 1.94. The molecular formula is C17H13N7OS. The summed E-state index contributed by atoms with van der Waals surface area (Å²) in [4.78, 5) is 0. The fraction of sp³-hybridized carbons (Fsp3) is 0.118. The molecular weight excluding hydrogens is 350 g/mol. The molecule has 0 spiro atoms. The SMILES string of the molecule is CC(c1nnc(N)s1)n1cc(-c2ccc(-c3ccccc3C#N)o2)nn1. The Kier molecular flexibility index (Phi) is 3.95. The standard InChI is InChI=1S/C17H13N7OS/c1-10(16-21-22-17(19)26-16)24-9-13(20-23-24)15-7-6-14(25-15)12-5-3-2-4-11(12)8-18/h2-7,9-10H,1H3,(H2,19,22). The first-order valence-corrected chi connectivity index (χ1v) is 8.58. The number of hydrogen-bond acceptors (Lipinski definition) is 8. The summed E-state index contributed by atoms with van der Waals surface area (Å²) < 4.78 is 7.57. The molecule has 0 amide bonds. The maximum atomic E-state index is 9.24. The molecule has 0 saturated carbocycles. The number of nitriles is 1. The van der Waals surface area contributed by atoms with Crippen molar-refractivity contribution >= 4 is 16.5 Å². The van der Waals surface area contributed by atoms with Crippen LogP contribution in [0.1, 0.15) is 23.5 Å². The van der Waals surface area contributed by atoms with Crippen molar-refractivity contribution in [2.24, 2.45) is 0 Å². The minimum absolute atomic E-state index is 0.139. The van der Waals surface area contributed by atoms with Gasteiger partial charge in [-0.2, -0.15) is 5.26 Å². The summed E-state index contributed by atoms with van der Waals surface area (Å²) >= 11 is 1.31. The Hall–Kier alpha value is -3.51. The molecule has 0 aliphatic heterocycles. The van der Waals surface area contributed by atoms with Crippen molar-refractivity contribution in [3.8, 4) is 28.8 Å². The molecule has 0 fully saturated rings. The summed E-state index contributed by atoms with van der Waals surface area (Å²) in [6, 6.07) is 12.9. The Morgan fingerprint density at radius 1 is 1.15 bits per heavy atom. The second kappa shape index (κ2) is 6.42. The van der Waals surface area contributed by atoms with Crippen LogP contribution in [0.3, 0.4) is 0 Å². The zero-order valence-electron chi connectivity index (χ0n) is 13.7. The van der Waals surface area contributed by atoms with Gasteiger partial charge in [0.2, 0.25) is 5.13 Å². The first-order valence-electron chi connectivity index (χ1n) is 7.76. The first-order chi connectivity index (χ1) is 12.7. The zero-order chi connectivity index (χ0) is 18.1. The quantitative estimate of drug-likeness (QED) is 0.591. The van der Waals surface area contributed by atoms with Crippen molar-refractivity contribution in [2.45, 2.75) is 13.0 Å². The third-order valence-corrected chi connectivity index (χ3v) is 4.81.